The van der Waals surface area contributed by atoms with Crippen molar-refractivity contribution in [3.05, 3.63) is 42.5 Å². The molecular formula is C16H20N4O4S. The molecule has 1 N–H and O–H groups in total. The van der Waals surface area contributed by atoms with Crippen LogP contribution in [0.15, 0.2) is 46.1 Å². The Morgan fingerprint density at radius 1 is 1.36 bits per heavy atom. The van der Waals surface area contributed by atoms with Crippen LogP contribution in [0.2, 0.25) is 0 Å². The summed E-state index contributed by atoms with van der Waals surface area (Å²) in [4.78, 5) is 16.6. The van der Waals surface area contributed by atoms with Crippen molar-refractivity contribution in [2.24, 2.45) is 5.92 Å². The minimum atomic E-state index is -3.59. The molecule has 0 saturated carbocycles. The number of benzene rings is 1. The van der Waals surface area contributed by atoms with Gasteiger partial charge in [-0.2, -0.15) is 9.29 Å². The van der Waals surface area contributed by atoms with Crippen molar-refractivity contribution in [1.82, 2.24) is 19.8 Å². The van der Waals surface area contributed by atoms with Crippen LogP contribution in [0.25, 0.3) is 0 Å². The van der Waals surface area contributed by atoms with Crippen LogP contribution >= 0.6 is 0 Å². The fraction of sp³-hybridized carbons (Fsp3) is 0.438. The second-order valence-corrected chi connectivity index (χ2v) is 7.97. The van der Waals surface area contributed by atoms with E-state index in [-0.39, 0.29) is 17.3 Å². The zero-order valence-corrected chi connectivity index (χ0v) is 14.6. The molecule has 1 aromatic carbocycles. The normalized spacial score (nSPS) is 20.1. The van der Waals surface area contributed by atoms with E-state index in [2.05, 4.69) is 20.0 Å². The maximum atomic E-state index is 12.7. The lowest BCUT2D eigenvalue weighted by Gasteiger charge is -2.31. The van der Waals surface area contributed by atoms with Crippen LogP contribution in [0.5, 0.6) is 0 Å². The average Bonchev–Trinajstić information content (AvgIpc) is 3.17. The van der Waals surface area contributed by atoms with Crippen LogP contribution in [-0.4, -0.2) is 41.9 Å². The van der Waals surface area contributed by atoms with Gasteiger partial charge in [-0.15, -0.1) is 0 Å². The van der Waals surface area contributed by atoms with Gasteiger partial charge in [0.05, 0.1) is 16.9 Å². The van der Waals surface area contributed by atoms with E-state index in [1.165, 1.54) is 10.7 Å². The highest BCUT2D eigenvalue weighted by Crippen LogP contribution is 2.24. The van der Waals surface area contributed by atoms with Crippen molar-refractivity contribution in [1.29, 1.82) is 0 Å². The van der Waals surface area contributed by atoms with Crippen molar-refractivity contribution in [2.75, 3.05) is 13.1 Å². The summed E-state index contributed by atoms with van der Waals surface area (Å²) in [5.74, 6) is -0.218. The summed E-state index contributed by atoms with van der Waals surface area (Å²) >= 11 is 0. The molecule has 8 nitrogen and oxygen atoms in total. The average molecular weight is 364 g/mol. The van der Waals surface area contributed by atoms with Crippen LogP contribution in [-0.2, 0) is 14.8 Å². The maximum Gasteiger partial charge on any atom is 0.243 e. The summed E-state index contributed by atoms with van der Waals surface area (Å²) in [6.07, 6.45) is 2.49. The van der Waals surface area contributed by atoms with Crippen LogP contribution < -0.4 is 5.32 Å². The van der Waals surface area contributed by atoms with E-state index in [0.717, 1.165) is 0 Å². The van der Waals surface area contributed by atoms with Gasteiger partial charge in [-0.25, -0.2) is 8.42 Å². The van der Waals surface area contributed by atoms with E-state index < -0.39 is 22.0 Å². The molecule has 2 heterocycles. The van der Waals surface area contributed by atoms with Gasteiger partial charge in [-0.3, -0.25) is 4.79 Å². The summed E-state index contributed by atoms with van der Waals surface area (Å²) < 4.78 is 31.5. The zero-order chi connectivity index (χ0) is 17.9. The Labute approximate surface area is 146 Å². The lowest BCUT2D eigenvalue weighted by molar-refractivity contribution is -0.126. The number of amides is 1. The second-order valence-electron chi connectivity index (χ2n) is 6.03. The summed E-state index contributed by atoms with van der Waals surface area (Å²) in [6, 6.07) is 7.88. The number of hydrogen-bond donors (Lipinski definition) is 1. The Kier molecular flexibility index (Phi) is 5.14. The SMILES string of the molecule is CC(NC(=O)C1CCCN(S(=O)(=O)c2ccccc2)C1)c1ncon1. The Morgan fingerprint density at radius 3 is 2.80 bits per heavy atom. The number of piperidine rings is 1. The first-order chi connectivity index (χ1) is 12.0. The van der Waals surface area contributed by atoms with Crippen LogP contribution in [0.1, 0.15) is 31.6 Å². The van der Waals surface area contributed by atoms with E-state index in [1.807, 2.05) is 0 Å². The molecule has 0 bridgehead atoms. The van der Waals surface area contributed by atoms with E-state index in [4.69, 9.17) is 0 Å². The predicted octanol–water partition coefficient (Wildman–Crippen LogP) is 1.35. The summed E-state index contributed by atoms with van der Waals surface area (Å²) in [7, 11) is -3.59. The van der Waals surface area contributed by atoms with Crippen molar-refractivity contribution >= 4 is 15.9 Å². The first kappa shape index (κ1) is 17.6. The first-order valence-corrected chi connectivity index (χ1v) is 9.54. The number of hydrogen-bond acceptors (Lipinski definition) is 6. The highest BCUT2D eigenvalue weighted by molar-refractivity contribution is 7.89. The molecule has 25 heavy (non-hydrogen) atoms. The quantitative estimate of drug-likeness (QED) is 0.858. The number of rotatable bonds is 5. The molecule has 1 fully saturated rings. The van der Waals surface area contributed by atoms with Gasteiger partial charge in [0, 0.05) is 13.1 Å². The molecule has 134 valence electrons. The molecule has 0 spiro atoms. The minimum Gasteiger partial charge on any atom is -0.346 e. The minimum absolute atomic E-state index is 0.169. The molecule has 0 aliphatic carbocycles. The predicted molar refractivity (Wildman–Crippen MR) is 88.8 cm³/mol. The van der Waals surface area contributed by atoms with E-state index in [9.17, 15) is 13.2 Å². The molecule has 2 aromatic rings. The van der Waals surface area contributed by atoms with Gasteiger partial charge in [-0.05, 0) is 31.9 Å². The number of nitrogens with one attached hydrogen (secondary N) is 1. The zero-order valence-electron chi connectivity index (χ0n) is 13.8. The van der Waals surface area contributed by atoms with Crippen molar-refractivity contribution in [2.45, 2.75) is 30.7 Å². The second kappa shape index (κ2) is 7.32. The van der Waals surface area contributed by atoms with Crippen molar-refractivity contribution in [3.8, 4) is 0 Å². The maximum absolute atomic E-state index is 12.7. The van der Waals surface area contributed by atoms with E-state index in [0.29, 0.717) is 25.2 Å². The van der Waals surface area contributed by atoms with Crippen molar-refractivity contribution < 1.29 is 17.7 Å². The molecule has 1 aliphatic heterocycles. The molecule has 0 radical (unpaired) electrons. The Bertz CT molecular complexity index is 808. The summed E-state index contributed by atoms with van der Waals surface area (Å²) in [5.41, 5.74) is 0. The number of carbonyl (C=O) groups is 1. The lowest BCUT2D eigenvalue weighted by Crippen LogP contribution is -2.45. The highest BCUT2D eigenvalue weighted by atomic mass is 32.2. The van der Waals surface area contributed by atoms with E-state index >= 15 is 0 Å². The Morgan fingerprint density at radius 2 is 2.12 bits per heavy atom. The molecule has 9 heteroatoms. The smallest absolute Gasteiger partial charge is 0.243 e. The summed E-state index contributed by atoms with van der Waals surface area (Å²) in [6.45, 7) is 2.34. The van der Waals surface area contributed by atoms with Gasteiger partial charge < -0.3 is 9.84 Å². The molecule has 1 aliphatic rings. The van der Waals surface area contributed by atoms with E-state index in [1.54, 1.807) is 37.3 Å². The molecule has 3 rings (SSSR count). The Balaban J connectivity index is 1.67. The number of nitrogens with zero attached hydrogens (tertiary/aromatic N) is 3. The molecule has 2 atom stereocenters. The standard InChI is InChI=1S/C16H20N4O4S/c1-12(15-17-11-24-19-15)18-16(21)13-6-5-9-20(10-13)25(22,23)14-7-3-2-4-8-14/h2-4,7-8,11-13H,5-6,9-10H2,1H3,(H,18,21). The van der Waals surface area contributed by atoms with Crippen LogP contribution in [0.4, 0.5) is 0 Å². The highest BCUT2D eigenvalue weighted by Gasteiger charge is 2.33. The number of aromatic nitrogens is 2. The number of sulfonamides is 1. The Hall–Kier alpha value is -2.26. The van der Waals surface area contributed by atoms with Crippen LogP contribution in [0, 0.1) is 5.92 Å². The van der Waals surface area contributed by atoms with Gasteiger partial charge >= 0.3 is 0 Å². The van der Waals surface area contributed by atoms with Gasteiger partial charge in [0.25, 0.3) is 0 Å². The third-order valence-corrected chi connectivity index (χ3v) is 6.14. The van der Waals surface area contributed by atoms with Crippen LogP contribution in [0.3, 0.4) is 0 Å². The third kappa shape index (κ3) is 3.88. The lowest BCUT2D eigenvalue weighted by atomic mass is 9.98. The summed E-state index contributed by atoms with van der Waals surface area (Å²) in [5, 5.41) is 6.52. The van der Waals surface area contributed by atoms with Gasteiger partial charge in [0.1, 0.15) is 0 Å². The topological polar surface area (TPSA) is 105 Å². The monoisotopic (exact) mass is 364 g/mol. The fourth-order valence-corrected chi connectivity index (χ4v) is 4.43. The molecular weight excluding hydrogens is 344 g/mol. The van der Waals surface area contributed by atoms with Gasteiger partial charge in [0.2, 0.25) is 22.3 Å². The molecule has 1 aromatic heterocycles. The third-order valence-electron chi connectivity index (χ3n) is 4.26. The largest absolute Gasteiger partial charge is 0.346 e. The molecule has 1 saturated heterocycles. The van der Waals surface area contributed by atoms with Gasteiger partial charge in [0.15, 0.2) is 5.82 Å². The first-order valence-electron chi connectivity index (χ1n) is 8.10. The molecule has 2 unspecified atom stereocenters. The molecule has 1 amide bonds. The fourth-order valence-electron chi connectivity index (χ4n) is 2.88. The van der Waals surface area contributed by atoms with Crippen molar-refractivity contribution in [3.63, 3.8) is 0 Å². The van der Waals surface area contributed by atoms with Gasteiger partial charge in [-0.1, -0.05) is 23.4 Å². The number of carbonyl (C=O) groups excluding carboxylic acids is 1.